The van der Waals surface area contributed by atoms with Crippen molar-refractivity contribution >= 4 is 5.88 Å². The SMILES string of the molecule is N#Cc1nc(-c2ccccc2F)oc1NCCN1CCCCC1. The lowest BCUT2D eigenvalue weighted by atomic mass is 10.1. The Balaban J connectivity index is 1.67. The van der Waals surface area contributed by atoms with Gasteiger partial charge in [0.15, 0.2) is 0 Å². The lowest BCUT2D eigenvalue weighted by Crippen LogP contribution is -2.33. The van der Waals surface area contributed by atoms with Crippen LogP contribution in [0, 0.1) is 17.1 Å². The van der Waals surface area contributed by atoms with Crippen LogP contribution in [-0.4, -0.2) is 36.1 Å². The first kappa shape index (κ1) is 15.5. The fourth-order valence-electron chi connectivity index (χ4n) is 2.78. The number of hydrogen-bond acceptors (Lipinski definition) is 5. The molecule has 3 rings (SSSR count). The monoisotopic (exact) mass is 314 g/mol. The summed E-state index contributed by atoms with van der Waals surface area (Å²) in [4.78, 5) is 6.47. The summed E-state index contributed by atoms with van der Waals surface area (Å²) in [5.41, 5.74) is 0.412. The molecule has 0 radical (unpaired) electrons. The summed E-state index contributed by atoms with van der Waals surface area (Å²) < 4.78 is 19.4. The maximum atomic E-state index is 13.8. The molecule has 0 spiro atoms. The Morgan fingerprint density at radius 1 is 1.26 bits per heavy atom. The molecule has 0 unspecified atom stereocenters. The molecule has 2 aromatic rings. The zero-order valence-corrected chi connectivity index (χ0v) is 12.9. The Labute approximate surface area is 134 Å². The van der Waals surface area contributed by atoms with Crippen molar-refractivity contribution in [3.8, 4) is 17.5 Å². The van der Waals surface area contributed by atoms with Crippen LogP contribution in [0.15, 0.2) is 28.7 Å². The van der Waals surface area contributed by atoms with Gasteiger partial charge in [0.2, 0.25) is 17.5 Å². The molecule has 0 saturated carbocycles. The third-order valence-electron chi connectivity index (χ3n) is 4.00. The van der Waals surface area contributed by atoms with Crippen LogP contribution in [0.4, 0.5) is 10.3 Å². The fraction of sp³-hybridized carbons (Fsp3) is 0.412. The highest BCUT2D eigenvalue weighted by Crippen LogP contribution is 2.27. The number of piperidine rings is 1. The smallest absolute Gasteiger partial charge is 0.233 e. The summed E-state index contributed by atoms with van der Waals surface area (Å²) in [5, 5.41) is 12.3. The number of nitriles is 1. The molecule has 1 saturated heterocycles. The van der Waals surface area contributed by atoms with Crippen molar-refractivity contribution in [1.82, 2.24) is 9.88 Å². The minimum atomic E-state index is -0.418. The van der Waals surface area contributed by atoms with Gasteiger partial charge >= 0.3 is 0 Å². The number of hydrogen-bond donors (Lipinski definition) is 1. The number of rotatable bonds is 5. The van der Waals surface area contributed by atoms with Gasteiger partial charge in [0, 0.05) is 13.1 Å². The predicted molar refractivity (Wildman–Crippen MR) is 85.4 cm³/mol. The standard InChI is InChI=1S/C17H19FN4O/c18-14-7-3-2-6-13(14)16-21-15(12-19)17(23-16)20-8-11-22-9-4-1-5-10-22/h2-3,6-7,20H,1,4-5,8-11H2. The van der Waals surface area contributed by atoms with Crippen molar-refractivity contribution in [2.75, 3.05) is 31.5 Å². The molecule has 1 aromatic carbocycles. The van der Waals surface area contributed by atoms with E-state index in [0.29, 0.717) is 12.4 Å². The second-order valence-electron chi connectivity index (χ2n) is 5.62. The van der Waals surface area contributed by atoms with Crippen LogP contribution in [0.2, 0.25) is 0 Å². The number of nitrogens with zero attached hydrogens (tertiary/aromatic N) is 3. The fourth-order valence-corrected chi connectivity index (χ4v) is 2.78. The lowest BCUT2D eigenvalue weighted by Gasteiger charge is -2.26. The first-order chi connectivity index (χ1) is 11.3. The van der Waals surface area contributed by atoms with Gasteiger partial charge in [-0.15, -0.1) is 0 Å². The van der Waals surface area contributed by atoms with Crippen molar-refractivity contribution < 1.29 is 8.81 Å². The maximum Gasteiger partial charge on any atom is 0.233 e. The second-order valence-corrected chi connectivity index (χ2v) is 5.62. The number of likely N-dealkylation sites (tertiary alicyclic amines) is 1. The molecule has 2 heterocycles. The average Bonchev–Trinajstić information content (AvgIpc) is 2.99. The molecule has 1 aliphatic rings. The van der Waals surface area contributed by atoms with Crippen molar-refractivity contribution in [1.29, 1.82) is 5.26 Å². The molecule has 1 aliphatic heterocycles. The summed E-state index contributed by atoms with van der Waals surface area (Å²) in [6, 6.07) is 8.22. The molecule has 23 heavy (non-hydrogen) atoms. The van der Waals surface area contributed by atoms with Gasteiger partial charge in [-0.25, -0.2) is 4.39 Å². The first-order valence-corrected chi connectivity index (χ1v) is 7.90. The van der Waals surface area contributed by atoms with E-state index in [1.807, 2.05) is 6.07 Å². The van der Waals surface area contributed by atoms with Gasteiger partial charge in [-0.05, 0) is 38.1 Å². The van der Waals surface area contributed by atoms with Crippen molar-refractivity contribution in [2.45, 2.75) is 19.3 Å². The number of nitrogens with one attached hydrogen (secondary N) is 1. The van der Waals surface area contributed by atoms with Gasteiger partial charge in [0.1, 0.15) is 11.9 Å². The zero-order valence-electron chi connectivity index (χ0n) is 12.9. The van der Waals surface area contributed by atoms with E-state index in [9.17, 15) is 9.65 Å². The third kappa shape index (κ3) is 3.69. The number of anilines is 1. The summed E-state index contributed by atoms with van der Waals surface area (Å²) in [6.45, 7) is 3.79. The van der Waals surface area contributed by atoms with E-state index in [0.717, 1.165) is 19.6 Å². The largest absolute Gasteiger partial charge is 0.419 e. The molecule has 0 aliphatic carbocycles. The molecular weight excluding hydrogens is 295 g/mol. The van der Waals surface area contributed by atoms with E-state index < -0.39 is 5.82 Å². The highest BCUT2D eigenvalue weighted by atomic mass is 19.1. The molecule has 0 atom stereocenters. The molecule has 1 aromatic heterocycles. The highest BCUT2D eigenvalue weighted by molar-refractivity contribution is 5.59. The molecule has 5 nitrogen and oxygen atoms in total. The van der Waals surface area contributed by atoms with Crippen molar-refractivity contribution in [2.24, 2.45) is 0 Å². The molecule has 1 fully saturated rings. The second kappa shape index (κ2) is 7.25. The number of oxazole rings is 1. The van der Waals surface area contributed by atoms with E-state index in [-0.39, 0.29) is 17.1 Å². The van der Waals surface area contributed by atoms with E-state index in [1.54, 1.807) is 18.2 Å². The van der Waals surface area contributed by atoms with E-state index in [1.165, 1.54) is 25.3 Å². The Bertz CT molecular complexity index is 701. The van der Waals surface area contributed by atoms with Gasteiger partial charge in [-0.2, -0.15) is 10.2 Å². The van der Waals surface area contributed by atoms with Crippen LogP contribution >= 0.6 is 0 Å². The molecule has 0 amide bonds. The summed E-state index contributed by atoms with van der Waals surface area (Å²) in [6.07, 6.45) is 3.78. The minimum Gasteiger partial charge on any atom is -0.419 e. The third-order valence-corrected chi connectivity index (χ3v) is 4.00. The number of benzene rings is 1. The van der Waals surface area contributed by atoms with Crippen LogP contribution in [-0.2, 0) is 0 Å². The zero-order chi connectivity index (χ0) is 16.1. The van der Waals surface area contributed by atoms with Gasteiger partial charge in [-0.3, -0.25) is 0 Å². The summed E-state index contributed by atoms with van der Waals surface area (Å²) in [5.74, 6) is 0.0148. The predicted octanol–water partition coefficient (Wildman–Crippen LogP) is 3.25. The van der Waals surface area contributed by atoms with E-state index >= 15 is 0 Å². The molecule has 1 N–H and O–H groups in total. The topological polar surface area (TPSA) is 65.1 Å². The normalized spacial score (nSPS) is 15.3. The number of aromatic nitrogens is 1. The minimum absolute atomic E-state index is 0.125. The van der Waals surface area contributed by atoms with Gasteiger partial charge in [0.25, 0.3) is 0 Å². The number of halogens is 1. The van der Waals surface area contributed by atoms with Gasteiger partial charge in [-0.1, -0.05) is 18.6 Å². The van der Waals surface area contributed by atoms with E-state index in [4.69, 9.17) is 4.42 Å². The van der Waals surface area contributed by atoms with Gasteiger partial charge in [0.05, 0.1) is 5.56 Å². The van der Waals surface area contributed by atoms with Crippen LogP contribution in [0.5, 0.6) is 0 Å². The Kier molecular flexibility index (Phi) is 4.89. The Morgan fingerprint density at radius 2 is 2.04 bits per heavy atom. The highest BCUT2D eigenvalue weighted by Gasteiger charge is 2.17. The average molecular weight is 314 g/mol. The molecule has 120 valence electrons. The Morgan fingerprint density at radius 3 is 2.78 bits per heavy atom. The van der Waals surface area contributed by atoms with Crippen LogP contribution in [0.25, 0.3) is 11.5 Å². The molecule has 6 heteroatoms. The quantitative estimate of drug-likeness (QED) is 0.917. The van der Waals surface area contributed by atoms with Crippen LogP contribution < -0.4 is 5.32 Å². The first-order valence-electron chi connectivity index (χ1n) is 7.90. The summed E-state index contributed by atoms with van der Waals surface area (Å²) in [7, 11) is 0. The van der Waals surface area contributed by atoms with Crippen molar-refractivity contribution in [3.05, 3.63) is 35.8 Å². The van der Waals surface area contributed by atoms with Crippen LogP contribution in [0.3, 0.4) is 0 Å². The maximum absolute atomic E-state index is 13.8. The summed E-state index contributed by atoms with van der Waals surface area (Å²) >= 11 is 0. The van der Waals surface area contributed by atoms with E-state index in [2.05, 4.69) is 15.2 Å². The molecule has 0 bridgehead atoms. The Hall–Kier alpha value is -2.39. The lowest BCUT2D eigenvalue weighted by molar-refractivity contribution is 0.236. The van der Waals surface area contributed by atoms with Crippen molar-refractivity contribution in [3.63, 3.8) is 0 Å². The van der Waals surface area contributed by atoms with Crippen LogP contribution in [0.1, 0.15) is 25.0 Å². The van der Waals surface area contributed by atoms with Gasteiger partial charge < -0.3 is 14.6 Å². The molecular formula is C17H19FN4O.